The van der Waals surface area contributed by atoms with Crippen LogP contribution < -0.4 is 0 Å². The Labute approximate surface area is 178 Å². The van der Waals surface area contributed by atoms with Crippen molar-refractivity contribution in [1.82, 2.24) is 0 Å². The van der Waals surface area contributed by atoms with E-state index >= 15 is 0 Å². The van der Waals surface area contributed by atoms with Crippen LogP contribution in [0.15, 0.2) is 0 Å². The Morgan fingerprint density at radius 2 is 0.708 bits per heavy atom. The highest BCUT2D eigenvalue weighted by atomic mass is 127. The first-order valence-electron chi connectivity index (χ1n) is 10.1. The van der Waals surface area contributed by atoms with E-state index in [0.717, 1.165) is 0 Å². The highest BCUT2D eigenvalue weighted by molar-refractivity contribution is 14.1. The van der Waals surface area contributed by atoms with Gasteiger partial charge in [0.25, 0.3) is 0 Å². The Morgan fingerprint density at radius 3 is 0.958 bits per heavy atom. The molecular weight excluding hydrogens is 518 g/mol. The maximum absolute atomic E-state index is 2.65. The number of rotatable bonds is 12. The molecule has 0 saturated heterocycles. The van der Waals surface area contributed by atoms with E-state index in [1.807, 2.05) is 0 Å². The summed E-state index contributed by atoms with van der Waals surface area (Å²) < 4.78 is 3.14. The summed E-state index contributed by atoms with van der Waals surface area (Å²) in [7, 11) is 0. The molecule has 0 atom stereocenters. The Morgan fingerprint density at radius 1 is 0.458 bits per heavy atom. The molecule has 0 unspecified atom stereocenters. The molecule has 1 aromatic rings. The molecule has 0 spiro atoms. The van der Waals surface area contributed by atoms with Gasteiger partial charge in [0.05, 0.1) is 0 Å². The summed E-state index contributed by atoms with van der Waals surface area (Å²) in [6, 6.07) is 0. The SMILES string of the molecule is CCCCc1c(I)c(I)c(CCCC)c(CCCC)c1CCCC. The lowest BCUT2D eigenvalue weighted by Gasteiger charge is -2.23. The van der Waals surface area contributed by atoms with Crippen molar-refractivity contribution in [3.05, 3.63) is 29.4 Å². The molecule has 0 bridgehead atoms. The fourth-order valence-corrected chi connectivity index (χ4v) is 5.27. The second-order valence-corrected chi connectivity index (χ2v) is 9.11. The third-order valence-electron chi connectivity index (χ3n) is 4.94. The van der Waals surface area contributed by atoms with Crippen LogP contribution in [0.3, 0.4) is 0 Å². The molecule has 0 N–H and O–H groups in total. The van der Waals surface area contributed by atoms with Gasteiger partial charge in [0.2, 0.25) is 0 Å². The highest BCUT2D eigenvalue weighted by Gasteiger charge is 2.20. The number of benzene rings is 1. The standard InChI is InChI=1S/C22H36I2/c1-5-9-13-17-18(14-10-6-2)20(16-12-8-4)22(24)21(23)19(17)15-11-7-3/h5-16H2,1-4H3. The van der Waals surface area contributed by atoms with Crippen LogP contribution in [0.5, 0.6) is 0 Å². The van der Waals surface area contributed by atoms with E-state index in [1.165, 1.54) is 77.0 Å². The molecule has 0 amide bonds. The molecule has 2 heteroatoms. The van der Waals surface area contributed by atoms with Crippen molar-refractivity contribution >= 4 is 45.2 Å². The number of unbranched alkanes of at least 4 members (excludes halogenated alkanes) is 4. The van der Waals surface area contributed by atoms with Gasteiger partial charge >= 0.3 is 0 Å². The molecule has 0 aliphatic carbocycles. The largest absolute Gasteiger partial charge is 0.0654 e. The van der Waals surface area contributed by atoms with E-state index in [4.69, 9.17) is 0 Å². The van der Waals surface area contributed by atoms with Gasteiger partial charge in [0.1, 0.15) is 0 Å². The summed E-state index contributed by atoms with van der Waals surface area (Å²) in [4.78, 5) is 0. The lowest BCUT2D eigenvalue weighted by Crippen LogP contribution is -2.11. The highest BCUT2D eigenvalue weighted by Crippen LogP contribution is 2.35. The van der Waals surface area contributed by atoms with Gasteiger partial charge in [-0.3, -0.25) is 0 Å². The van der Waals surface area contributed by atoms with Gasteiger partial charge < -0.3 is 0 Å². The van der Waals surface area contributed by atoms with Crippen molar-refractivity contribution < 1.29 is 0 Å². The molecule has 1 aromatic carbocycles. The van der Waals surface area contributed by atoms with Gasteiger partial charge in [-0.1, -0.05) is 53.4 Å². The van der Waals surface area contributed by atoms with Crippen LogP contribution in [0.25, 0.3) is 0 Å². The molecule has 0 aromatic heterocycles. The van der Waals surface area contributed by atoms with Gasteiger partial charge in [-0.25, -0.2) is 0 Å². The monoisotopic (exact) mass is 554 g/mol. The molecule has 0 heterocycles. The average Bonchev–Trinajstić information content (AvgIpc) is 2.59. The average molecular weight is 554 g/mol. The summed E-state index contributed by atoms with van der Waals surface area (Å²) in [5.74, 6) is 0. The Bertz CT molecular complexity index is 446. The predicted octanol–water partition coefficient (Wildman–Crippen LogP) is 8.27. The van der Waals surface area contributed by atoms with Crippen LogP contribution in [0.1, 0.15) is 101 Å². The maximum atomic E-state index is 2.65. The van der Waals surface area contributed by atoms with Crippen LogP contribution >= 0.6 is 45.2 Å². The minimum absolute atomic E-state index is 1.27. The fourth-order valence-electron chi connectivity index (χ4n) is 3.43. The maximum Gasteiger partial charge on any atom is 0.0301 e. The van der Waals surface area contributed by atoms with E-state index in [9.17, 15) is 0 Å². The predicted molar refractivity (Wildman–Crippen MR) is 126 cm³/mol. The first-order chi connectivity index (χ1) is 11.6. The zero-order valence-corrected chi connectivity index (χ0v) is 20.6. The number of hydrogen-bond acceptors (Lipinski definition) is 0. The molecule has 0 saturated carbocycles. The van der Waals surface area contributed by atoms with Crippen LogP contribution in [-0.2, 0) is 25.7 Å². The third-order valence-corrected chi connectivity index (χ3v) is 8.35. The summed E-state index contributed by atoms with van der Waals surface area (Å²) in [5.41, 5.74) is 6.88. The van der Waals surface area contributed by atoms with E-state index in [2.05, 4.69) is 72.9 Å². The van der Waals surface area contributed by atoms with E-state index in [-0.39, 0.29) is 0 Å². The van der Waals surface area contributed by atoms with Gasteiger partial charge in [0, 0.05) is 7.14 Å². The van der Waals surface area contributed by atoms with Crippen molar-refractivity contribution in [1.29, 1.82) is 0 Å². The van der Waals surface area contributed by atoms with Crippen LogP contribution in [0.2, 0.25) is 0 Å². The fraction of sp³-hybridized carbons (Fsp3) is 0.727. The molecule has 24 heavy (non-hydrogen) atoms. The van der Waals surface area contributed by atoms with Gasteiger partial charge in [-0.15, -0.1) is 0 Å². The Kier molecular flexibility index (Phi) is 12.3. The molecule has 1 rings (SSSR count). The van der Waals surface area contributed by atoms with E-state index in [1.54, 1.807) is 29.4 Å². The Hall–Kier alpha value is 0.680. The lowest BCUT2D eigenvalue weighted by molar-refractivity contribution is 0.714. The van der Waals surface area contributed by atoms with Crippen LogP contribution in [-0.4, -0.2) is 0 Å². The van der Waals surface area contributed by atoms with Gasteiger partial charge in [0.15, 0.2) is 0 Å². The molecular formula is C22H36I2. The molecule has 138 valence electrons. The molecule has 0 radical (unpaired) electrons. The number of hydrogen-bond donors (Lipinski definition) is 0. The van der Waals surface area contributed by atoms with Crippen LogP contribution in [0, 0.1) is 7.14 Å². The van der Waals surface area contributed by atoms with Crippen LogP contribution in [0.4, 0.5) is 0 Å². The zero-order valence-electron chi connectivity index (χ0n) is 16.2. The molecule has 0 nitrogen and oxygen atoms in total. The van der Waals surface area contributed by atoms with Gasteiger partial charge in [-0.05, 0) is 119 Å². The normalized spacial score (nSPS) is 11.2. The third kappa shape index (κ3) is 6.44. The van der Waals surface area contributed by atoms with Crippen molar-refractivity contribution in [2.75, 3.05) is 0 Å². The zero-order chi connectivity index (χ0) is 17.9. The van der Waals surface area contributed by atoms with Crippen molar-refractivity contribution in [3.63, 3.8) is 0 Å². The van der Waals surface area contributed by atoms with Crippen molar-refractivity contribution in [2.45, 2.75) is 105 Å². The Balaban J connectivity index is 3.43. The second kappa shape index (κ2) is 12.9. The van der Waals surface area contributed by atoms with E-state index in [0.29, 0.717) is 0 Å². The minimum Gasteiger partial charge on any atom is -0.0654 e. The van der Waals surface area contributed by atoms with Gasteiger partial charge in [-0.2, -0.15) is 0 Å². The van der Waals surface area contributed by atoms with E-state index < -0.39 is 0 Å². The first-order valence-corrected chi connectivity index (χ1v) is 12.3. The van der Waals surface area contributed by atoms with Crippen molar-refractivity contribution in [2.24, 2.45) is 0 Å². The molecule has 0 aliphatic rings. The summed E-state index contributed by atoms with van der Waals surface area (Å²) >= 11 is 5.29. The van der Waals surface area contributed by atoms with Crippen molar-refractivity contribution in [3.8, 4) is 0 Å². The lowest BCUT2D eigenvalue weighted by atomic mass is 9.86. The number of halogens is 2. The molecule has 0 fully saturated rings. The quantitative estimate of drug-likeness (QED) is 0.228. The second-order valence-electron chi connectivity index (χ2n) is 6.96. The summed E-state index contributed by atoms with van der Waals surface area (Å²) in [6.07, 6.45) is 15.6. The smallest absolute Gasteiger partial charge is 0.0301 e. The first kappa shape index (κ1) is 22.7. The summed E-state index contributed by atoms with van der Waals surface area (Å²) in [5, 5.41) is 0. The summed E-state index contributed by atoms with van der Waals surface area (Å²) in [6.45, 7) is 9.29. The molecule has 0 aliphatic heterocycles. The topological polar surface area (TPSA) is 0 Å². The minimum atomic E-state index is 1.27.